The Labute approximate surface area is 191 Å². The van der Waals surface area contributed by atoms with Gasteiger partial charge in [-0.3, -0.25) is 0 Å². The first-order chi connectivity index (χ1) is 15.8. The van der Waals surface area contributed by atoms with Gasteiger partial charge in [0, 0.05) is 23.9 Å². The van der Waals surface area contributed by atoms with Crippen LogP contribution in [0.3, 0.4) is 0 Å². The number of aliphatic hydroxyl groups excluding tert-OH is 1. The first kappa shape index (κ1) is 25.4. The van der Waals surface area contributed by atoms with Gasteiger partial charge in [0.15, 0.2) is 6.10 Å². The number of aryl methyl sites for hydroxylation is 1. The van der Waals surface area contributed by atoms with E-state index >= 15 is 0 Å². The topological polar surface area (TPSA) is 32.7 Å². The number of hydrogen-bond acceptors (Lipinski definition) is 3. The third-order valence-electron chi connectivity index (χ3n) is 4.91. The maximum atomic E-state index is 14.3. The average Bonchev–Trinajstić information content (AvgIpc) is 2.73. The summed E-state index contributed by atoms with van der Waals surface area (Å²) in [4.78, 5) is 0.944. The van der Waals surface area contributed by atoms with Gasteiger partial charge in [-0.25, -0.2) is 4.39 Å². The molecule has 0 radical (unpaired) electrons. The van der Waals surface area contributed by atoms with Crippen LogP contribution >= 0.6 is 0 Å². The van der Waals surface area contributed by atoms with Crippen LogP contribution in [0.2, 0.25) is 0 Å². The highest BCUT2D eigenvalue weighted by atomic mass is 19.4. The lowest BCUT2D eigenvalue weighted by atomic mass is 10.1. The molecule has 0 heterocycles. The molecule has 0 aliphatic carbocycles. The molecule has 0 aliphatic heterocycles. The molecule has 0 fully saturated rings. The molecular formula is C24H20F7NO2. The fourth-order valence-corrected chi connectivity index (χ4v) is 3.21. The zero-order valence-electron chi connectivity index (χ0n) is 17.8. The zero-order chi connectivity index (χ0) is 25.1. The van der Waals surface area contributed by atoms with Gasteiger partial charge in [0.2, 0.25) is 0 Å². The van der Waals surface area contributed by atoms with E-state index in [9.17, 15) is 35.8 Å². The van der Waals surface area contributed by atoms with Crippen molar-refractivity contribution in [3.05, 3.63) is 89.2 Å². The Kier molecular flexibility index (Phi) is 7.40. The van der Waals surface area contributed by atoms with Crippen molar-refractivity contribution in [2.45, 2.75) is 31.9 Å². The molecule has 0 amide bonds. The van der Waals surface area contributed by atoms with Crippen molar-refractivity contribution in [2.75, 3.05) is 11.4 Å². The molecule has 3 nitrogen and oxygen atoms in total. The molecule has 0 aromatic heterocycles. The summed E-state index contributed by atoms with van der Waals surface area (Å²) in [6, 6.07) is 14.4. The highest BCUT2D eigenvalue weighted by Crippen LogP contribution is 2.33. The van der Waals surface area contributed by atoms with Gasteiger partial charge in [0.1, 0.15) is 17.3 Å². The normalized spacial score (nSPS) is 13.0. The third kappa shape index (κ3) is 6.63. The molecule has 3 rings (SSSR count). The number of benzene rings is 3. The zero-order valence-corrected chi connectivity index (χ0v) is 17.8. The van der Waals surface area contributed by atoms with E-state index in [0.29, 0.717) is 23.9 Å². The quantitative estimate of drug-likeness (QED) is 0.369. The third-order valence-corrected chi connectivity index (χ3v) is 4.91. The highest BCUT2D eigenvalue weighted by molar-refractivity contribution is 5.52. The smallest absolute Gasteiger partial charge is 0.416 e. The van der Waals surface area contributed by atoms with Crippen LogP contribution in [0.25, 0.3) is 0 Å². The Bertz CT molecular complexity index is 1130. The Balaban J connectivity index is 1.95. The van der Waals surface area contributed by atoms with Crippen molar-refractivity contribution >= 4 is 5.69 Å². The monoisotopic (exact) mass is 487 g/mol. The Morgan fingerprint density at radius 1 is 0.882 bits per heavy atom. The van der Waals surface area contributed by atoms with Crippen molar-refractivity contribution in [3.63, 3.8) is 0 Å². The van der Waals surface area contributed by atoms with E-state index in [-0.39, 0.29) is 11.4 Å². The van der Waals surface area contributed by atoms with Crippen LogP contribution in [0, 0.1) is 12.7 Å². The Morgan fingerprint density at radius 2 is 1.53 bits per heavy atom. The highest BCUT2D eigenvalue weighted by Gasteiger charge is 2.39. The number of anilines is 1. The SMILES string of the molecule is Cc1cccc(Oc2cccc(N(Cc3cc(C(F)(F)F)ccc3F)CC(O)C(F)(F)F)c2)c1. The van der Waals surface area contributed by atoms with E-state index in [1.54, 1.807) is 18.2 Å². The van der Waals surface area contributed by atoms with Crippen molar-refractivity contribution < 1.29 is 40.6 Å². The first-order valence-corrected chi connectivity index (χ1v) is 10.0. The number of halogens is 7. The van der Waals surface area contributed by atoms with E-state index in [0.717, 1.165) is 10.5 Å². The molecular weight excluding hydrogens is 467 g/mol. The second-order valence-corrected chi connectivity index (χ2v) is 7.66. The average molecular weight is 487 g/mol. The van der Waals surface area contributed by atoms with Gasteiger partial charge < -0.3 is 14.7 Å². The van der Waals surface area contributed by atoms with Crippen molar-refractivity contribution in [1.82, 2.24) is 0 Å². The molecule has 10 heteroatoms. The molecule has 1 unspecified atom stereocenters. The molecule has 0 saturated heterocycles. The second kappa shape index (κ2) is 9.92. The van der Waals surface area contributed by atoms with Crippen LogP contribution < -0.4 is 9.64 Å². The van der Waals surface area contributed by atoms with Crippen molar-refractivity contribution in [3.8, 4) is 11.5 Å². The number of aliphatic hydroxyl groups is 1. The molecule has 1 atom stereocenters. The summed E-state index contributed by atoms with van der Waals surface area (Å²) >= 11 is 0. The van der Waals surface area contributed by atoms with Crippen LogP contribution in [0.1, 0.15) is 16.7 Å². The number of ether oxygens (including phenoxy) is 1. The van der Waals surface area contributed by atoms with Gasteiger partial charge in [-0.1, -0.05) is 18.2 Å². The molecule has 0 bridgehead atoms. The Hall–Kier alpha value is -3.27. The minimum absolute atomic E-state index is 0.0882. The van der Waals surface area contributed by atoms with Crippen LogP contribution in [-0.2, 0) is 12.7 Å². The second-order valence-electron chi connectivity index (χ2n) is 7.66. The summed E-state index contributed by atoms with van der Waals surface area (Å²) in [6.07, 6.45) is -12.6. The van der Waals surface area contributed by atoms with Crippen LogP contribution in [0.4, 0.5) is 36.4 Å². The summed E-state index contributed by atoms with van der Waals surface area (Å²) in [5.41, 5.74) is -0.625. The molecule has 3 aromatic rings. The predicted octanol–water partition coefficient (Wildman–Crippen LogP) is 6.88. The van der Waals surface area contributed by atoms with Gasteiger partial charge in [0.05, 0.1) is 12.1 Å². The molecule has 3 aromatic carbocycles. The predicted molar refractivity (Wildman–Crippen MR) is 112 cm³/mol. The lowest BCUT2D eigenvalue weighted by Gasteiger charge is -2.29. The van der Waals surface area contributed by atoms with E-state index in [1.807, 2.05) is 13.0 Å². The molecule has 0 saturated carbocycles. The van der Waals surface area contributed by atoms with Crippen molar-refractivity contribution in [1.29, 1.82) is 0 Å². The number of alkyl halides is 6. The summed E-state index contributed by atoms with van der Waals surface area (Å²) in [5.74, 6) is -0.325. The fourth-order valence-electron chi connectivity index (χ4n) is 3.21. The first-order valence-electron chi connectivity index (χ1n) is 10.0. The maximum absolute atomic E-state index is 14.3. The summed E-state index contributed by atoms with van der Waals surface area (Å²) in [7, 11) is 0. The molecule has 34 heavy (non-hydrogen) atoms. The van der Waals surface area contributed by atoms with Gasteiger partial charge in [-0.15, -0.1) is 0 Å². The van der Waals surface area contributed by atoms with Gasteiger partial charge in [0.25, 0.3) is 0 Å². The van der Waals surface area contributed by atoms with Crippen LogP contribution in [0.5, 0.6) is 11.5 Å². The van der Waals surface area contributed by atoms with E-state index < -0.39 is 48.5 Å². The van der Waals surface area contributed by atoms with E-state index in [4.69, 9.17) is 4.74 Å². The molecule has 0 spiro atoms. The lowest BCUT2D eigenvalue weighted by molar-refractivity contribution is -0.200. The van der Waals surface area contributed by atoms with E-state index in [2.05, 4.69) is 0 Å². The minimum Gasteiger partial charge on any atom is -0.457 e. The molecule has 0 aliphatic rings. The molecule has 1 N–H and O–H groups in total. The summed E-state index contributed by atoms with van der Waals surface area (Å²) in [5, 5.41) is 9.61. The Morgan fingerprint density at radius 3 is 2.15 bits per heavy atom. The standard InChI is InChI=1S/C24H20F7NO2/c1-15-4-2-6-19(10-15)34-20-7-3-5-18(12-20)32(14-22(33)24(29,30)31)13-16-11-17(23(26,27)28)8-9-21(16)25/h2-12,22,33H,13-14H2,1H3. The lowest BCUT2D eigenvalue weighted by Crippen LogP contribution is -2.41. The maximum Gasteiger partial charge on any atom is 0.416 e. The molecule has 182 valence electrons. The largest absolute Gasteiger partial charge is 0.457 e. The summed E-state index contributed by atoms with van der Waals surface area (Å²) < 4.78 is 98.4. The number of rotatable bonds is 7. The van der Waals surface area contributed by atoms with Crippen LogP contribution in [0.15, 0.2) is 66.7 Å². The van der Waals surface area contributed by atoms with Gasteiger partial charge in [-0.05, 0) is 55.0 Å². The number of nitrogens with zero attached hydrogens (tertiary/aromatic N) is 1. The van der Waals surface area contributed by atoms with Gasteiger partial charge in [-0.2, -0.15) is 26.3 Å². The van der Waals surface area contributed by atoms with Gasteiger partial charge >= 0.3 is 12.4 Å². The van der Waals surface area contributed by atoms with E-state index in [1.165, 1.54) is 24.3 Å². The fraction of sp³-hybridized carbons (Fsp3) is 0.250. The van der Waals surface area contributed by atoms with Crippen LogP contribution in [-0.4, -0.2) is 23.9 Å². The number of hydrogen-bond donors (Lipinski definition) is 1. The van der Waals surface area contributed by atoms with Crippen molar-refractivity contribution in [2.24, 2.45) is 0 Å². The summed E-state index contributed by atoms with van der Waals surface area (Å²) in [6.45, 7) is 0.150. The minimum atomic E-state index is -4.99.